The number of carbonyl (C=O) groups excluding carboxylic acids is 1. The van der Waals surface area contributed by atoms with Gasteiger partial charge in [0.05, 0.1) is 7.11 Å². The van der Waals surface area contributed by atoms with Gasteiger partial charge in [0.25, 0.3) is 5.91 Å². The summed E-state index contributed by atoms with van der Waals surface area (Å²) in [6.07, 6.45) is 4.36. The SMILES string of the molecule is COc1ccc([C@@H]2CN(Cc3ccccc3)C[C@H]2NC(=O)c2ccc3cnc(Cc4ccnn4C)cc3c2)cc1. The maximum atomic E-state index is 13.6. The molecule has 202 valence electrons. The van der Waals surface area contributed by atoms with Crippen molar-refractivity contribution in [1.82, 2.24) is 25.0 Å². The van der Waals surface area contributed by atoms with Gasteiger partial charge in [-0.15, -0.1) is 0 Å². The third-order valence-electron chi connectivity index (χ3n) is 7.83. The summed E-state index contributed by atoms with van der Waals surface area (Å²) >= 11 is 0. The molecule has 2 aromatic heterocycles. The monoisotopic (exact) mass is 531 g/mol. The summed E-state index contributed by atoms with van der Waals surface area (Å²) in [4.78, 5) is 20.6. The number of carbonyl (C=O) groups is 1. The molecule has 3 heterocycles. The highest BCUT2D eigenvalue weighted by atomic mass is 16.5. The van der Waals surface area contributed by atoms with E-state index in [1.165, 1.54) is 11.1 Å². The van der Waals surface area contributed by atoms with Gasteiger partial charge in [0.15, 0.2) is 0 Å². The van der Waals surface area contributed by atoms with Crippen molar-refractivity contribution < 1.29 is 9.53 Å². The van der Waals surface area contributed by atoms with Crippen molar-refractivity contribution in [2.24, 2.45) is 7.05 Å². The normalized spacial score (nSPS) is 17.2. The number of ether oxygens (including phenoxy) is 1. The van der Waals surface area contributed by atoms with Crippen LogP contribution in [-0.2, 0) is 20.0 Å². The van der Waals surface area contributed by atoms with Crippen LogP contribution in [0, 0.1) is 0 Å². The van der Waals surface area contributed by atoms with Crippen molar-refractivity contribution in [3.63, 3.8) is 0 Å². The van der Waals surface area contributed by atoms with Gasteiger partial charge in [-0.1, -0.05) is 48.5 Å². The number of methoxy groups -OCH3 is 1. The lowest BCUT2D eigenvalue weighted by atomic mass is 9.94. The van der Waals surface area contributed by atoms with Crippen LogP contribution in [0.3, 0.4) is 0 Å². The Morgan fingerprint density at radius 3 is 2.55 bits per heavy atom. The first-order chi connectivity index (χ1) is 19.6. The summed E-state index contributed by atoms with van der Waals surface area (Å²) in [6, 6.07) is 28.6. The van der Waals surface area contributed by atoms with E-state index < -0.39 is 0 Å². The zero-order valence-corrected chi connectivity index (χ0v) is 22.8. The second kappa shape index (κ2) is 11.3. The molecule has 1 fully saturated rings. The van der Waals surface area contributed by atoms with E-state index in [1.807, 2.05) is 60.4 Å². The molecule has 0 saturated carbocycles. The van der Waals surface area contributed by atoms with Gasteiger partial charge < -0.3 is 10.1 Å². The molecule has 0 unspecified atom stereocenters. The fourth-order valence-electron chi connectivity index (χ4n) is 5.63. The Kier molecular flexibility index (Phi) is 7.29. The lowest BCUT2D eigenvalue weighted by molar-refractivity contribution is 0.0935. The number of hydrogen-bond donors (Lipinski definition) is 1. The summed E-state index contributed by atoms with van der Waals surface area (Å²) in [5, 5.41) is 9.64. The minimum absolute atomic E-state index is 0.0156. The molecule has 7 heteroatoms. The van der Waals surface area contributed by atoms with Gasteiger partial charge in [0, 0.05) is 79.8 Å². The summed E-state index contributed by atoms with van der Waals surface area (Å²) in [5.41, 5.74) is 5.16. The molecule has 1 amide bonds. The van der Waals surface area contributed by atoms with E-state index in [0.717, 1.165) is 47.5 Å². The van der Waals surface area contributed by atoms with Crippen LogP contribution in [0.25, 0.3) is 10.8 Å². The van der Waals surface area contributed by atoms with E-state index in [-0.39, 0.29) is 17.9 Å². The second-order valence-electron chi connectivity index (χ2n) is 10.5. The molecule has 6 rings (SSSR count). The number of nitrogens with one attached hydrogen (secondary N) is 1. The van der Waals surface area contributed by atoms with Gasteiger partial charge in [0.1, 0.15) is 5.75 Å². The van der Waals surface area contributed by atoms with E-state index >= 15 is 0 Å². The maximum absolute atomic E-state index is 13.6. The molecule has 5 aromatic rings. The second-order valence-corrected chi connectivity index (χ2v) is 10.5. The zero-order chi connectivity index (χ0) is 27.5. The number of aryl methyl sites for hydroxylation is 1. The minimum Gasteiger partial charge on any atom is -0.497 e. The van der Waals surface area contributed by atoms with E-state index in [1.54, 1.807) is 13.3 Å². The van der Waals surface area contributed by atoms with E-state index in [0.29, 0.717) is 12.0 Å². The van der Waals surface area contributed by atoms with Crippen molar-refractivity contribution in [3.8, 4) is 5.75 Å². The molecule has 1 saturated heterocycles. The van der Waals surface area contributed by atoms with E-state index in [9.17, 15) is 4.79 Å². The van der Waals surface area contributed by atoms with E-state index in [2.05, 4.69) is 62.8 Å². The quantitative estimate of drug-likeness (QED) is 0.306. The van der Waals surface area contributed by atoms with Crippen molar-refractivity contribution in [2.75, 3.05) is 20.2 Å². The highest BCUT2D eigenvalue weighted by molar-refractivity contribution is 5.98. The van der Waals surface area contributed by atoms with Crippen molar-refractivity contribution in [2.45, 2.75) is 24.9 Å². The summed E-state index contributed by atoms with van der Waals surface area (Å²) in [5.74, 6) is 0.947. The standard InChI is InChI=1S/C33H33N5O2/c1-37-29(14-15-35-37)18-28-17-27-16-25(8-9-26(27)19-34-28)33(39)36-32-22-38(20-23-6-4-3-5-7-23)21-31(32)24-10-12-30(40-2)13-11-24/h3-17,19,31-32H,18,20-22H2,1-2H3,(H,36,39)/t31-,32+/m0/s1. The van der Waals surface area contributed by atoms with Crippen LogP contribution in [0.2, 0.25) is 0 Å². The molecule has 7 nitrogen and oxygen atoms in total. The summed E-state index contributed by atoms with van der Waals surface area (Å²) in [6.45, 7) is 2.50. The predicted molar refractivity (Wildman–Crippen MR) is 156 cm³/mol. The number of amides is 1. The lowest BCUT2D eigenvalue weighted by Gasteiger charge is -2.21. The minimum atomic E-state index is -0.0584. The van der Waals surface area contributed by atoms with Crippen LogP contribution in [0.15, 0.2) is 97.3 Å². The molecule has 0 spiro atoms. The molecule has 0 bridgehead atoms. The van der Waals surface area contributed by atoms with Crippen LogP contribution in [0.5, 0.6) is 5.75 Å². The number of fused-ring (bicyclic) bond motifs is 1. The summed E-state index contributed by atoms with van der Waals surface area (Å²) < 4.78 is 7.23. The third-order valence-corrected chi connectivity index (χ3v) is 7.83. The highest BCUT2D eigenvalue weighted by Crippen LogP contribution is 2.30. The van der Waals surface area contributed by atoms with Crippen molar-refractivity contribution >= 4 is 16.7 Å². The van der Waals surface area contributed by atoms with Gasteiger partial charge in [-0.3, -0.25) is 19.4 Å². The topological polar surface area (TPSA) is 72.3 Å². The number of nitrogens with zero attached hydrogens (tertiary/aromatic N) is 4. The maximum Gasteiger partial charge on any atom is 0.251 e. The Balaban J connectivity index is 1.22. The van der Waals surface area contributed by atoms with Gasteiger partial charge in [0.2, 0.25) is 0 Å². The fourth-order valence-corrected chi connectivity index (χ4v) is 5.63. The Morgan fingerprint density at radius 1 is 0.975 bits per heavy atom. The molecule has 3 aromatic carbocycles. The van der Waals surface area contributed by atoms with E-state index in [4.69, 9.17) is 4.74 Å². The van der Waals surface area contributed by atoms with Crippen molar-refractivity contribution in [1.29, 1.82) is 0 Å². The fraction of sp³-hybridized carbons (Fsp3) is 0.242. The smallest absolute Gasteiger partial charge is 0.251 e. The molecule has 0 radical (unpaired) electrons. The summed E-state index contributed by atoms with van der Waals surface area (Å²) in [7, 11) is 3.61. The lowest BCUT2D eigenvalue weighted by Crippen LogP contribution is -2.39. The van der Waals surface area contributed by atoms with Gasteiger partial charge in [-0.25, -0.2) is 0 Å². The highest BCUT2D eigenvalue weighted by Gasteiger charge is 2.35. The molecule has 1 N–H and O–H groups in total. The first-order valence-electron chi connectivity index (χ1n) is 13.6. The number of benzene rings is 3. The van der Waals surface area contributed by atoms with Gasteiger partial charge in [-0.2, -0.15) is 5.10 Å². The van der Waals surface area contributed by atoms with Gasteiger partial charge in [-0.05, 0) is 52.9 Å². The molecule has 2 atom stereocenters. The Morgan fingerprint density at radius 2 is 1.80 bits per heavy atom. The average molecular weight is 532 g/mol. The largest absolute Gasteiger partial charge is 0.497 e. The number of hydrogen-bond acceptors (Lipinski definition) is 5. The molecule has 1 aliphatic rings. The first-order valence-corrected chi connectivity index (χ1v) is 13.6. The van der Waals surface area contributed by atoms with Gasteiger partial charge >= 0.3 is 0 Å². The number of pyridine rings is 1. The van der Waals surface area contributed by atoms with Crippen molar-refractivity contribution in [3.05, 3.63) is 125 Å². The Hall–Kier alpha value is -4.49. The number of likely N-dealkylation sites (tertiary alicyclic amines) is 1. The molecular formula is C33H33N5O2. The van der Waals surface area contributed by atoms with Crippen LogP contribution in [0.1, 0.15) is 38.8 Å². The van der Waals surface area contributed by atoms with Crippen LogP contribution in [-0.4, -0.2) is 51.8 Å². The zero-order valence-electron chi connectivity index (χ0n) is 22.8. The molecule has 1 aliphatic heterocycles. The Bertz CT molecular complexity index is 1610. The predicted octanol–water partition coefficient (Wildman–Crippen LogP) is 4.97. The first kappa shape index (κ1) is 25.8. The third kappa shape index (κ3) is 5.60. The molecular weight excluding hydrogens is 498 g/mol. The number of rotatable bonds is 8. The molecule has 40 heavy (non-hydrogen) atoms. The average Bonchev–Trinajstić information content (AvgIpc) is 3.58. The van der Waals surface area contributed by atoms with Crippen LogP contribution < -0.4 is 10.1 Å². The molecule has 0 aliphatic carbocycles. The van der Waals surface area contributed by atoms with Crippen LogP contribution >= 0.6 is 0 Å². The number of aromatic nitrogens is 3. The Labute approximate surface area is 234 Å². The van der Waals surface area contributed by atoms with Crippen LogP contribution in [0.4, 0.5) is 0 Å².